The highest BCUT2D eigenvalue weighted by atomic mass is 32.1. The van der Waals surface area contributed by atoms with Gasteiger partial charge in [0.25, 0.3) is 0 Å². The van der Waals surface area contributed by atoms with E-state index in [0.717, 1.165) is 37.9 Å². The van der Waals surface area contributed by atoms with E-state index in [1.165, 1.54) is 42.8 Å². The van der Waals surface area contributed by atoms with Crippen LogP contribution in [-0.4, -0.2) is 53.6 Å². The summed E-state index contributed by atoms with van der Waals surface area (Å²) in [7, 11) is 0. The first-order valence-corrected chi connectivity index (χ1v) is 10.6. The molecular weight excluding hydrogens is 342 g/mol. The van der Waals surface area contributed by atoms with Gasteiger partial charge in [-0.3, -0.25) is 9.80 Å². The molecule has 0 radical (unpaired) electrons. The van der Waals surface area contributed by atoms with Crippen LogP contribution >= 0.6 is 11.3 Å². The lowest BCUT2D eigenvalue weighted by Crippen LogP contribution is -2.45. The second-order valence-corrected chi connectivity index (χ2v) is 8.58. The number of nitrogens with zero attached hydrogens (tertiary/aromatic N) is 3. The first-order valence-electron chi connectivity index (χ1n) is 9.71. The smallest absolute Gasteiger partial charge is 0.119 e. The lowest BCUT2D eigenvalue weighted by Gasteiger charge is -2.36. The molecular formula is C21H29N3OS. The SMILES string of the molecule is Cc1ccc(OCCN2C[C@H]3CC[C@@H]2CN(Cc2cscn2)C3)cc1C. The van der Waals surface area contributed by atoms with Crippen molar-refractivity contribution in [2.24, 2.45) is 5.92 Å². The van der Waals surface area contributed by atoms with Crippen LogP contribution in [0.15, 0.2) is 29.1 Å². The van der Waals surface area contributed by atoms with Gasteiger partial charge >= 0.3 is 0 Å². The Kier molecular flexibility index (Phi) is 5.57. The number of hydrogen-bond donors (Lipinski definition) is 0. The van der Waals surface area contributed by atoms with Crippen LogP contribution in [0.4, 0.5) is 0 Å². The summed E-state index contributed by atoms with van der Waals surface area (Å²) in [5, 5.41) is 2.18. The summed E-state index contributed by atoms with van der Waals surface area (Å²) in [5.74, 6) is 1.78. The Morgan fingerprint density at radius 1 is 1.15 bits per heavy atom. The van der Waals surface area contributed by atoms with Gasteiger partial charge < -0.3 is 4.74 Å². The largest absolute Gasteiger partial charge is 0.492 e. The van der Waals surface area contributed by atoms with E-state index < -0.39 is 0 Å². The predicted octanol–water partition coefficient (Wildman–Crippen LogP) is 3.74. The van der Waals surface area contributed by atoms with E-state index in [9.17, 15) is 0 Å². The molecule has 0 unspecified atom stereocenters. The molecule has 3 aliphatic heterocycles. The zero-order chi connectivity index (χ0) is 17.9. The molecule has 26 heavy (non-hydrogen) atoms. The molecule has 2 atom stereocenters. The number of thiazole rings is 1. The molecule has 2 aromatic rings. The quantitative estimate of drug-likeness (QED) is 0.773. The lowest BCUT2D eigenvalue weighted by atomic mass is 9.95. The van der Waals surface area contributed by atoms with Gasteiger partial charge in [0.1, 0.15) is 12.4 Å². The van der Waals surface area contributed by atoms with Crippen LogP contribution in [0.5, 0.6) is 5.75 Å². The predicted molar refractivity (Wildman–Crippen MR) is 107 cm³/mol. The van der Waals surface area contributed by atoms with E-state index in [2.05, 4.69) is 52.2 Å². The summed E-state index contributed by atoms with van der Waals surface area (Å²) in [6, 6.07) is 7.05. The van der Waals surface area contributed by atoms with Crippen molar-refractivity contribution < 1.29 is 4.74 Å². The van der Waals surface area contributed by atoms with Crippen molar-refractivity contribution in [1.82, 2.24) is 14.8 Å². The van der Waals surface area contributed by atoms with Crippen LogP contribution in [0.2, 0.25) is 0 Å². The van der Waals surface area contributed by atoms with Gasteiger partial charge in [0.15, 0.2) is 0 Å². The Balaban J connectivity index is 1.31. The van der Waals surface area contributed by atoms with E-state index in [0.29, 0.717) is 6.04 Å². The van der Waals surface area contributed by atoms with Gasteiger partial charge in [-0.2, -0.15) is 0 Å². The van der Waals surface area contributed by atoms with Crippen LogP contribution in [0.3, 0.4) is 0 Å². The minimum Gasteiger partial charge on any atom is -0.492 e. The molecule has 140 valence electrons. The minimum atomic E-state index is 0.663. The molecule has 3 fully saturated rings. The molecule has 4 nitrogen and oxygen atoms in total. The number of aromatic nitrogens is 1. The number of aryl methyl sites for hydroxylation is 2. The monoisotopic (exact) mass is 371 g/mol. The van der Waals surface area contributed by atoms with Crippen molar-refractivity contribution >= 4 is 11.3 Å². The maximum absolute atomic E-state index is 6.04. The van der Waals surface area contributed by atoms with Gasteiger partial charge in [0.05, 0.1) is 11.2 Å². The fourth-order valence-electron chi connectivity index (χ4n) is 4.31. The topological polar surface area (TPSA) is 28.6 Å². The summed E-state index contributed by atoms with van der Waals surface area (Å²) >= 11 is 1.70. The molecule has 3 saturated heterocycles. The average molecular weight is 372 g/mol. The van der Waals surface area contributed by atoms with E-state index in [4.69, 9.17) is 4.74 Å². The van der Waals surface area contributed by atoms with Gasteiger partial charge in [-0.1, -0.05) is 6.07 Å². The van der Waals surface area contributed by atoms with Gasteiger partial charge in [0.2, 0.25) is 0 Å². The fourth-order valence-corrected chi connectivity index (χ4v) is 4.86. The highest BCUT2D eigenvalue weighted by Gasteiger charge is 2.34. The van der Waals surface area contributed by atoms with Gasteiger partial charge in [-0.15, -0.1) is 11.3 Å². The van der Waals surface area contributed by atoms with Crippen molar-refractivity contribution in [3.63, 3.8) is 0 Å². The van der Waals surface area contributed by atoms with Gasteiger partial charge in [0, 0.05) is 44.1 Å². The Morgan fingerprint density at radius 2 is 2.08 bits per heavy atom. The molecule has 0 aliphatic carbocycles. The molecule has 0 amide bonds. The number of ether oxygens (including phenoxy) is 1. The summed E-state index contributed by atoms with van der Waals surface area (Å²) in [5.41, 5.74) is 5.79. The van der Waals surface area contributed by atoms with Crippen molar-refractivity contribution in [2.75, 3.05) is 32.8 Å². The van der Waals surface area contributed by atoms with Crippen LogP contribution in [0, 0.1) is 19.8 Å². The van der Waals surface area contributed by atoms with Gasteiger partial charge in [-0.25, -0.2) is 4.98 Å². The summed E-state index contributed by atoms with van der Waals surface area (Å²) in [6.45, 7) is 10.7. The molecule has 4 heterocycles. The maximum Gasteiger partial charge on any atom is 0.119 e. The molecule has 0 N–H and O–H groups in total. The van der Waals surface area contributed by atoms with E-state index in [-0.39, 0.29) is 0 Å². The molecule has 5 heteroatoms. The van der Waals surface area contributed by atoms with Crippen LogP contribution in [0.25, 0.3) is 0 Å². The number of piperidine rings is 1. The zero-order valence-electron chi connectivity index (χ0n) is 15.9. The Bertz CT molecular complexity index is 718. The maximum atomic E-state index is 6.04. The zero-order valence-corrected chi connectivity index (χ0v) is 16.7. The van der Waals surface area contributed by atoms with E-state index >= 15 is 0 Å². The lowest BCUT2D eigenvalue weighted by molar-refractivity contribution is 0.109. The summed E-state index contributed by atoms with van der Waals surface area (Å²) < 4.78 is 6.04. The Hall–Kier alpha value is -1.43. The second kappa shape index (κ2) is 8.07. The average Bonchev–Trinajstić information content (AvgIpc) is 2.98. The van der Waals surface area contributed by atoms with Crippen molar-refractivity contribution in [2.45, 2.75) is 39.3 Å². The molecule has 2 bridgehead atoms. The van der Waals surface area contributed by atoms with Crippen LogP contribution in [-0.2, 0) is 6.54 Å². The number of fused-ring (bicyclic) bond motifs is 4. The van der Waals surface area contributed by atoms with Crippen LogP contribution < -0.4 is 4.74 Å². The first kappa shape index (κ1) is 18.0. The fraction of sp³-hybridized carbons (Fsp3) is 0.571. The first-order chi connectivity index (χ1) is 12.7. The molecule has 1 aromatic carbocycles. The van der Waals surface area contributed by atoms with Crippen molar-refractivity contribution in [3.05, 3.63) is 45.9 Å². The Morgan fingerprint density at radius 3 is 2.88 bits per heavy atom. The molecule has 5 rings (SSSR count). The summed E-state index contributed by atoms with van der Waals surface area (Å²) in [6.07, 6.45) is 2.69. The standard InChI is InChI=1S/C21H29N3OS/c1-16-3-6-21(9-17(16)2)25-8-7-24-11-18-4-5-20(24)13-23(10-18)12-19-14-26-15-22-19/h3,6,9,14-15,18,20H,4-5,7-8,10-13H2,1-2H3/t18-,20+/m0/s1. The van der Waals surface area contributed by atoms with Crippen molar-refractivity contribution in [1.29, 1.82) is 0 Å². The molecule has 3 aliphatic rings. The minimum absolute atomic E-state index is 0.663. The number of hydrogen-bond acceptors (Lipinski definition) is 5. The normalized spacial score (nSPS) is 23.9. The van der Waals surface area contributed by atoms with Gasteiger partial charge in [-0.05, 0) is 55.9 Å². The number of rotatable bonds is 6. The molecule has 0 saturated carbocycles. The highest BCUT2D eigenvalue weighted by molar-refractivity contribution is 7.07. The second-order valence-electron chi connectivity index (χ2n) is 7.86. The Labute approximate surface area is 160 Å². The third-order valence-corrected chi connectivity index (χ3v) is 6.53. The molecule has 0 spiro atoms. The molecule has 1 aromatic heterocycles. The van der Waals surface area contributed by atoms with Crippen molar-refractivity contribution in [3.8, 4) is 5.75 Å². The van der Waals surface area contributed by atoms with E-state index in [1.807, 2.05) is 5.51 Å². The summed E-state index contributed by atoms with van der Waals surface area (Å²) in [4.78, 5) is 9.75. The third-order valence-electron chi connectivity index (χ3n) is 5.90. The third kappa shape index (κ3) is 4.27. The number of benzene rings is 1. The highest BCUT2D eigenvalue weighted by Crippen LogP contribution is 2.28. The van der Waals surface area contributed by atoms with E-state index in [1.54, 1.807) is 11.3 Å². The van der Waals surface area contributed by atoms with Crippen LogP contribution in [0.1, 0.15) is 29.7 Å².